The van der Waals surface area contributed by atoms with Crippen LogP contribution in [0.25, 0.3) is 10.2 Å². The SMILES string of the molecule is Cc1cnc(CNc2nc(Cl)nc3c(C)c(CC(C)N)sc23)s1. The molecule has 0 amide bonds. The van der Waals surface area contributed by atoms with E-state index < -0.39 is 0 Å². The molecule has 122 valence electrons. The van der Waals surface area contributed by atoms with Crippen molar-refractivity contribution in [3.63, 3.8) is 0 Å². The van der Waals surface area contributed by atoms with Crippen LogP contribution in [0.2, 0.25) is 5.28 Å². The molecule has 0 bridgehead atoms. The second-order valence-corrected chi connectivity index (χ2v) is 8.33. The number of aromatic nitrogens is 3. The van der Waals surface area contributed by atoms with Crippen molar-refractivity contribution in [3.05, 3.63) is 31.8 Å². The van der Waals surface area contributed by atoms with Crippen LogP contribution in [0.15, 0.2) is 6.20 Å². The molecular formula is C15H18ClN5S2. The number of fused-ring (bicyclic) bond motifs is 1. The normalized spacial score (nSPS) is 12.7. The molecule has 3 aromatic heterocycles. The van der Waals surface area contributed by atoms with Crippen LogP contribution in [0.5, 0.6) is 0 Å². The fraction of sp³-hybridized carbons (Fsp3) is 0.400. The summed E-state index contributed by atoms with van der Waals surface area (Å²) in [5.74, 6) is 0.761. The van der Waals surface area contributed by atoms with Gasteiger partial charge in [-0.2, -0.15) is 4.98 Å². The Labute approximate surface area is 147 Å². The van der Waals surface area contributed by atoms with Gasteiger partial charge in [0.1, 0.15) is 10.8 Å². The molecule has 0 aliphatic carbocycles. The first-order valence-electron chi connectivity index (χ1n) is 7.30. The van der Waals surface area contributed by atoms with Gasteiger partial charge in [-0.15, -0.1) is 22.7 Å². The first-order chi connectivity index (χ1) is 10.9. The van der Waals surface area contributed by atoms with E-state index >= 15 is 0 Å². The Morgan fingerprint density at radius 3 is 2.74 bits per heavy atom. The Morgan fingerprint density at radius 1 is 1.30 bits per heavy atom. The molecule has 5 nitrogen and oxygen atoms in total. The number of aryl methyl sites for hydroxylation is 2. The summed E-state index contributed by atoms with van der Waals surface area (Å²) in [5, 5.41) is 4.62. The van der Waals surface area contributed by atoms with Crippen LogP contribution in [0, 0.1) is 13.8 Å². The molecular weight excluding hydrogens is 350 g/mol. The highest BCUT2D eigenvalue weighted by atomic mass is 35.5. The maximum absolute atomic E-state index is 6.10. The minimum absolute atomic E-state index is 0.111. The van der Waals surface area contributed by atoms with Gasteiger partial charge in [-0.3, -0.25) is 0 Å². The van der Waals surface area contributed by atoms with Gasteiger partial charge in [-0.25, -0.2) is 9.97 Å². The fourth-order valence-corrected chi connectivity index (χ4v) is 4.60. The van der Waals surface area contributed by atoms with E-state index in [-0.39, 0.29) is 11.3 Å². The van der Waals surface area contributed by atoms with Gasteiger partial charge in [0.25, 0.3) is 0 Å². The average Bonchev–Trinajstić information content (AvgIpc) is 3.02. The van der Waals surface area contributed by atoms with Gasteiger partial charge < -0.3 is 11.1 Å². The lowest BCUT2D eigenvalue weighted by Gasteiger charge is -2.05. The number of nitrogens with zero attached hydrogens (tertiary/aromatic N) is 3. The van der Waals surface area contributed by atoms with Crippen molar-refractivity contribution in [2.75, 3.05) is 5.32 Å². The van der Waals surface area contributed by atoms with E-state index in [9.17, 15) is 0 Å². The highest BCUT2D eigenvalue weighted by Crippen LogP contribution is 2.35. The van der Waals surface area contributed by atoms with Crippen molar-refractivity contribution in [3.8, 4) is 0 Å². The Hall–Kier alpha value is -1.28. The van der Waals surface area contributed by atoms with Crippen molar-refractivity contribution in [1.29, 1.82) is 0 Å². The lowest BCUT2D eigenvalue weighted by atomic mass is 10.1. The van der Waals surface area contributed by atoms with Gasteiger partial charge in [-0.1, -0.05) is 0 Å². The molecule has 0 saturated heterocycles. The van der Waals surface area contributed by atoms with E-state index in [2.05, 4.69) is 27.2 Å². The lowest BCUT2D eigenvalue weighted by Crippen LogP contribution is -2.17. The number of hydrogen-bond acceptors (Lipinski definition) is 7. The first kappa shape index (κ1) is 16.6. The summed E-state index contributed by atoms with van der Waals surface area (Å²) in [6, 6.07) is 0.111. The number of rotatable bonds is 5. The van der Waals surface area contributed by atoms with E-state index in [0.29, 0.717) is 6.54 Å². The molecule has 0 saturated carbocycles. The van der Waals surface area contributed by atoms with Crippen molar-refractivity contribution in [2.45, 2.75) is 39.8 Å². The third-order valence-electron chi connectivity index (χ3n) is 3.42. The quantitative estimate of drug-likeness (QED) is 0.668. The van der Waals surface area contributed by atoms with Crippen molar-refractivity contribution in [1.82, 2.24) is 15.0 Å². The van der Waals surface area contributed by atoms with Gasteiger partial charge in [0.15, 0.2) is 0 Å². The van der Waals surface area contributed by atoms with Crippen LogP contribution in [-0.2, 0) is 13.0 Å². The molecule has 3 rings (SSSR count). The van der Waals surface area contributed by atoms with Crippen molar-refractivity contribution < 1.29 is 0 Å². The highest BCUT2D eigenvalue weighted by Gasteiger charge is 2.16. The largest absolute Gasteiger partial charge is 0.362 e. The van der Waals surface area contributed by atoms with Crippen LogP contribution in [-0.4, -0.2) is 21.0 Å². The summed E-state index contributed by atoms with van der Waals surface area (Å²) in [5.41, 5.74) is 7.99. The number of thiazole rings is 1. The summed E-state index contributed by atoms with van der Waals surface area (Å²) >= 11 is 9.46. The molecule has 3 heterocycles. The van der Waals surface area contributed by atoms with Crippen LogP contribution in [0.3, 0.4) is 0 Å². The summed E-state index contributed by atoms with van der Waals surface area (Å²) < 4.78 is 1.02. The van der Waals surface area contributed by atoms with Gasteiger partial charge in [0.2, 0.25) is 5.28 Å². The van der Waals surface area contributed by atoms with E-state index in [1.165, 1.54) is 9.75 Å². The second kappa shape index (κ2) is 6.68. The van der Waals surface area contributed by atoms with Gasteiger partial charge in [-0.05, 0) is 44.4 Å². The molecule has 3 aromatic rings. The molecule has 8 heteroatoms. The Kier molecular flexibility index (Phi) is 4.82. The number of thiophene rings is 1. The number of halogens is 1. The van der Waals surface area contributed by atoms with E-state index in [0.717, 1.165) is 33.0 Å². The van der Waals surface area contributed by atoms with Crippen LogP contribution in [0.1, 0.15) is 27.2 Å². The smallest absolute Gasteiger partial charge is 0.224 e. The van der Waals surface area contributed by atoms with E-state index in [1.807, 2.05) is 20.0 Å². The zero-order chi connectivity index (χ0) is 16.6. The maximum Gasteiger partial charge on any atom is 0.224 e. The zero-order valence-electron chi connectivity index (χ0n) is 13.2. The van der Waals surface area contributed by atoms with Crippen molar-refractivity contribution in [2.24, 2.45) is 5.73 Å². The summed E-state index contributed by atoms with van der Waals surface area (Å²) in [6.07, 6.45) is 2.70. The standard InChI is InChI=1S/C15H18ClN5S2/c1-7(17)4-10-9(3)12-13(23-10)14(21-15(16)20-12)19-6-11-18-5-8(2)22-11/h5,7H,4,6,17H2,1-3H3,(H,19,20,21). The summed E-state index contributed by atoms with van der Waals surface area (Å²) in [6.45, 7) is 6.74. The predicted molar refractivity (Wildman–Crippen MR) is 98.7 cm³/mol. The third kappa shape index (κ3) is 3.63. The van der Waals surface area contributed by atoms with Crippen LogP contribution >= 0.6 is 34.3 Å². The number of nitrogens with one attached hydrogen (secondary N) is 1. The number of anilines is 1. The molecule has 1 unspecified atom stereocenters. The summed E-state index contributed by atoms with van der Waals surface area (Å²) in [4.78, 5) is 15.5. The average molecular weight is 368 g/mol. The third-order valence-corrected chi connectivity index (χ3v) is 5.81. The second-order valence-electron chi connectivity index (χ2n) is 5.57. The molecule has 0 aliphatic rings. The van der Waals surface area contributed by atoms with E-state index in [4.69, 9.17) is 17.3 Å². The minimum Gasteiger partial charge on any atom is -0.362 e. The Morgan fingerprint density at radius 2 is 2.09 bits per heavy atom. The molecule has 3 N–H and O–H groups in total. The van der Waals surface area contributed by atoms with Gasteiger partial charge in [0.05, 0.1) is 16.8 Å². The topological polar surface area (TPSA) is 76.7 Å². The molecule has 0 fully saturated rings. The van der Waals surface area contributed by atoms with Crippen molar-refractivity contribution >= 4 is 50.3 Å². The molecule has 1 atom stereocenters. The molecule has 0 aromatic carbocycles. The Bertz CT molecular complexity index is 840. The van der Waals surface area contributed by atoms with Crippen LogP contribution < -0.4 is 11.1 Å². The fourth-order valence-electron chi connectivity index (χ4n) is 2.36. The van der Waals surface area contributed by atoms with Gasteiger partial charge in [0, 0.05) is 22.0 Å². The monoisotopic (exact) mass is 367 g/mol. The minimum atomic E-state index is 0.111. The summed E-state index contributed by atoms with van der Waals surface area (Å²) in [7, 11) is 0. The Balaban J connectivity index is 1.95. The highest BCUT2D eigenvalue weighted by molar-refractivity contribution is 7.19. The van der Waals surface area contributed by atoms with E-state index in [1.54, 1.807) is 22.7 Å². The van der Waals surface area contributed by atoms with Crippen LogP contribution in [0.4, 0.5) is 5.82 Å². The zero-order valence-corrected chi connectivity index (χ0v) is 15.6. The molecule has 0 spiro atoms. The van der Waals surface area contributed by atoms with Gasteiger partial charge >= 0.3 is 0 Å². The molecule has 23 heavy (non-hydrogen) atoms. The number of hydrogen-bond donors (Lipinski definition) is 2. The first-order valence-corrected chi connectivity index (χ1v) is 9.31. The number of nitrogens with two attached hydrogens (primary N) is 1. The molecule has 0 aliphatic heterocycles. The predicted octanol–water partition coefficient (Wildman–Crippen LogP) is 3.92. The lowest BCUT2D eigenvalue weighted by molar-refractivity contribution is 0.744. The maximum atomic E-state index is 6.10. The molecule has 0 radical (unpaired) electrons.